The number of rotatable bonds is 9. The van der Waals surface area contributed by atoms with Gasteiger partial charge in [-0.2, -0.15) is 11.8 Å². The molecule has 0 saturated heterocycles. The fourth-order valence-corrected chi connectivity index (χ4v) is 2.23. The maximum Gasteiger partial charge on any atom is 0.251 e. The second-order valence-corrected chi connectivity index (χ2v) is 5.78. The first-order valence-electron chi connectivity index (χ1n) is 7.10. The zero-order valence-corrected chi connectivity index (χ0v) is 13.4. The summed E-state index contributed by atoms with van der Waals surface area (Å²) >= 11 is 1.65. The molecule has 0 aliphatic carbocycles. The predicted octanol–water partition coefficient (Wildman–Crippen LogP) is 1.14. The van der Waals surface area contributed by atoms with Gasteiger partial charge in [-0.15, -0.1) is 0 Å². The van der Waals surface area contributed by atoms with E-state index >= 15 is 0 Å². The van der Waals surface area contributed by atoms with E-state index in [4.69, 9.17) is 5.73 Å². The number of thioether (sulfide) groups is 1. The summed E-state index contributed by atoms with van der Waals surface area (Å²) < 4.78 is 13.0. The monoisotopic (exact) mass is 327 g/mol. The van der Waals surface area contributed by atoms with Crippen LogP contribution in [0.15, 0.2) is 24.3 Å². The lowest BCUT2D eigenvalue weighted by molar-refractivity contribution is -0.122. The molecule has 22 heavy (non-hydrogen) atoms. The van der Waals surface area contributed by atoms with Crippen LogP contribution in [0.2, 0.25) is 0 Å². The van der Waals surface area contributed by atoms with Crippen molar-refractivity contribution in [2.24, 2.45) is 5.73 Å². The molecule has 0 saturated carbocycles. The Kier molecular flexibility index (Phi) is 8.54. The Morgan fingerprint density at radius 2 is 2.05 bits per heavy atom. The van der Waals surface area contributed by atoms with E-state index in [-0.39, 0.29) is 17.4 Å². The van der Waals surface area contributed by atoms with E-state index in [1.165, 1.54) is 18.2 Å². The van der Waals surface area contributed by atoms with E-state index in [9.17, 15) is 14.0 Å². The summed E-state index contributed by atoms with van der Waals surface area (Å²) in [5.74, 6) is -0.106. The van der Waals surface area contributed by atoms with Gasteiger partial charge < -0.3 is 16.4 Å². The fraction of sp³-hybridized carbons (Fsp3) is 0.467. The molecule has 0 spiro atoms. The van der Waals surface area contributed by atoms with Crippen LogP contribution in [0.1, 0.15) is 23.2 Å². The Labute approximate surface area is 134 Å². The maximum atomic E-state index is 13.0. The molecule has 0 aliphatic heterocycles. The summed E-state index contributed by atoms with van der Waals surface area (Å²) in [6.07, 6.45) is 3.19. The summed E-state index contributed by atoms with van der Waals surface area (Å²) in [7, 11) is 0. The molecule has 2 amide bonds. The van der Waals surface area contributed by atoms with Crippen LogP contribution >= 0.6 is 11.8 Å². The summed E-state index contributed by atoms with van der Waals surface area (Å²) in [4.78, 5) is 23.4. The molecule has 0 aromatic heterocycles. The lowest BCUT2D eigenvalue weighted by Crippen LogP contribution is -2.41. The van der Waals surface area contributed by atoms with E-state index in [2.05, 4.69) is 10.6 Å². The van der Waals surface area contributed by atoms with E-state index in [0.717, 1.165) is 5.75 Å². The molecule has 0 unspecified atom stereocenters. The Morgan fingerprint density at radius 1 is 1.32 bits per heavy atom. The van der Waals surface area contributed by atoms with Crippen LogP contribution < -0.4 is 16.4 Å². The zero-order valence-electron chi connectivity index (χ0n) is 12.6. The number of carbonyl (C=O) groups excluding carboxylic acids is 2. The highest BCUT2D eigenvalue weighted by Gasteiger charge is 2.11. The van der Waals surface area contributed by atoms with Crippen molar-refractivity contribution in [1.29, 1.82) is 0 Å². The van der Waals surface area contributed by atoms with Gasteiger partial charge in [-0.25, -0.2) is 4.39 Å². The van der Waals surface area contributed by atoms with Gasteiger partial charge in [0.25, 0.3) is 5.91 Å². The highest BCUT2D eigenvalue weighted by Crippen LogP contribution is 2.03. The molecule has 0 radical (unpaired) electrons. The Balaban J connectivity index is 2.17. The van der Waals surface area contributed by atoms with E-state index in [0.29, 0.717) is 25.9 Å². The predicted molar refractivity (Wildman–Crippen MR) is 87.3 cm³/mol. The van der Waals surface area contributed by atoms with Gasteiger partial charge >= 0.3 is 0 Å². The van der Waals surface area contributed by atoms with Crippen LogP contribution in [0.4, 0.5) is 4.39 Å². The highest BCUT2D eigenvalue weighted by atomic mass is 32.2. The SMILES string of the molecule is CSCC[C@H](N)C(=O)NCCCNC(=O)c1cccc(F)c1. The van der Waals surface area contributed by atoms with Crippen molar-refractivity contribution < 1.29 is 14.0 Å². The third kappa shape index (κ3) is 6.91. The standard InChI is InChI=1S/C15H22FN3O2S/c1-22-9-6-13(17)15(21)19-8-3-7-18-14(20)11-4-2-5-12(16)10-11/h2,4-5,10,13H,3,6-9,17H2,1H3,(H,18,20)(H,19,21)/t13-/m0/s1. The Morgan fingerprint density at radius 3 is 2.73 bits per heavy atom. The number of amides is 2. The number of hydrogen-bond donors (Lipinski definition) is 3. The van der Waals surface area contributed by atoms with Crippen molar-refractivity contribution in [1.82, 2.24) is 10.6 Å². The topological polar surface area (TPSA) is 84.2 Å². The van der Waals surface area contributed by atoms with Crippen LogP contribution in [0.25, 0.3) is 0 Å². The van der Waals surface area contributed by atoms with Crippen molar-refractivity contribution >= 4 is 23.6 Å². The maximum absolute atomic E-state index is 13.0. The van der Waals surface area contributed by atoms with Crippen molar-refractivity contribution in [2.75, 3.05) is 25.1 Å². The second kappa shape index (κ2) is 10.2. The summed E-state index contributed by atoms with van der Waals surface area (Å²) in [5, 5.41) is 5.40. The molecule has 122 valence electrons. The van der Waals surface area contributed by atoms with Crippen LogP contribution in [0.3, 0.4) is 0 Å². The quantitative estimate of drug-likeness (QED) is 0.594. The van der Waals surface area contributed by atoms with Gasteiger partial charge in [0.1, 0.15) is 5.82 Å². The Hall–Kier alpha value is -1.60. The molecule has 1 aromatic carbocycles. The number of carbonyl (C=O) groups is 2. The van der Waals surface area contributed by atoms with Gasteiger partial charge in [-0.05, 0) is 43.0 Å². The van der Waals surface area contributed by atoms with Crippen LogP contribution in [-0.4, -0.2) is 43.0 Å². The van der Waals surface area contributed by atoms with Gasteiger partial charge in [-0.1, -0.05) is 6.07 Å². The molecule has 0 bridgehead atoms. The minimum Gasteiger partial charge on any atom is -0.355 e. The third-order valence-electron chi connectivity index (χ3n) is 2.99. The summed E-state index contributed by atoms with van der Waals surface area (Å²) in [6.45, 7) is 0.838. The first kappa shape index (κ1) is 18.4. The van der Waals surface area contributed by atoms with E-state index in [1.54, 1.807) is 17.8 Å². The lowest BCUT2D eigenvalue weighted by Gasteiger charge is -2.11. The largest absolute Gasteiger partial charge is 0.355 e. The van der Waals surface area contributed by atoms with E-state index < -0.39 is 11.9 Å². The Bertz CT molecular complexity index is 499. The van der Waals surface area contributed by atoms with Crippen molar-refractivity contribution in [3.8, 4) is 0 Å². The molecule has 1 atom stereocenters. The van der Waals surface area contributed by atoms with Crippen molar-refractivity contribution in [2.45, 2.75) is 18.9 Å². The molecule has 0 fully saturated rings. The molecule has 0 aliphatic rings. The third-order valence-corrected chi connectivity index (χ3v) is 3.64. The lowest BCUT2D eigenvalue weighted by atomic mass is 10.2. The van der Waals surface area contributed by atoms with E-state index in [1.807, 2.05) is 6.26 Å². The van der Waals surface area contributed by atoms with Gasteiger partial charge in [0.2, 0.25) is 5.91 Å². The highest BCUT2D eigenvalue weighted by molar-refractivity contribution is 7.98. The van der Waals surface area contributed by atoms with Gasteiger partial charge in [0.15, 0.2) is 0 Å². The number of hydrogen-bond acceptors (Lipinski definition) is 4. The minimum absolute atomic E-state index is 0.175. The molecule has 1 rings (SSSR count). The van der Waals surface area contributed by atoms with Gasteiger partial charge in [-0.3, -0.25) is 9.59 Å². The summed E-state index contributed by atoms with van der Waals surface area (Å²) in [5.41, 5.74) is 6.01. The van der Waals surface area contributed by atoms with Crippen LogP contribution in [0.5, 0.6) is 0 Å². The average molecular weight is 327 g/mol. The first-order valence-corrected chi connectivity index (χ1v) is 8.50. The smallest absolute Gasteiger partial charge is 0.251 e. The molecule has 7 heteroatoms. The average Bonchev–Trinajstić information content (AvgIpc) is 2.51. The number of halogens is 1. The normalized spacial score (nSPS) is 11.8. The molecule has 1 aromatic rings. The van der Waals surface area contributed by atoms with Gasteiger partial charge in [0, 0.05) is 18.7 Å². The van der Waals surface area contributed by atoms with Crippen molar-refractivity contribution in [3.05, 3.63) is 35.6 Å². The van der Waals surface area contributed by atoms with Crippen molar-refractivity contribution in [3.63, 3.8) is 0 Å². The molecule has 0 heterocycles. The van der Waals surface area contributed by atoms with Crippen LogP contribution in [0, 0.1) is 5.82 Å². The fourth-order valence-electron chi connectivity index (χ4n) is 1.74. The first-order chi connectivity index (χ1) is 10.5. The molecule has 5 nitrogen and oxygen atoms in total. The summed E-state index contributed by atoms with van der Waals surface area (Å²) in [6, 6.07) is 5.01. The minimum atomic E-state index is -0.491. The number of benzene rings is 1. The second-order valence-electron chi connectivity index (χ2n) is 4.80. The zero-order chi connectivity index (χ0) is 16.4. The molecular formula is C15H22FN3O2S. The molecule has 4 N–H and O–H groups in total. The number of nitrogens with two attached hydrogens (primary N) is 1. The van der Waals surface area contributed by atoms with Crippen LogP contribution in [-0.2, 0) is 4.79 Å². The number of nitrogens with one attached hydrogen (secondary N) is 2. The molecular weight excluding hydrogens is 305 g/mol. The van der Waals surface area contributed by atoms with Gasteiger partial charge in [0.05, 0.1) is 6.04 Å².